The number of ether oxygens (including phenoxy) is 3. The van der Waals surface area contributed by atoms with Gasteiger partial charge in [0.05, 0.1) is 27.5 Å². The fraction of sp³-hybridized carbons (Fsp3) is 0.368. The van der Waals surface area contributed by atoms with Crippen LogP contribution in [0.15, 0.2) is 30.6 Å². The van der Waals surface area contributed by atoms with Crippen LogP contribution < -0.4 is 19.5 Å². The molecule has 0 fully saturated rings. The number of likely N-dealkylation sites (N-methyl/N-ethyl adjacent to an activating group) is 1. The van der Waals surface area contributed by atoms with Crippen molar-refractivity contribution in [3.63, 3.8) is 0 Å². The summed E-state index contributed by atoms with van der Waals surface area (Å²) in [7, 11) is 8.86. The minimum Gasteiger partial charge on any atom is -0.493 e. The third-order valence-electron chi connectivity index (χ3n) is 4.21. The highest BCUT2D eigenvalue weighted by atomic mass is 16.5. The lowest BCUT2D eigenvalue weighted by atomic mass is 10.1. The van der Waals surface area contributed by atoms with Gasteiger partial charge in [-0.15, -0.1) is 0 Å². The van der Waals surface area contributed by atoms with Crippen molar-refractivity contribution >= 4 is 11.5 Å². The molecule has 2 heterocycles. The van der Waals surface area contributed by atoms with Crippen LogP contribution in [0.2, 0.25) is 0 Å². The Morgan fingerprint density at radius 1 is 1.07 bits per heavy atom. The highest BCUT2D eigenvalue weighted by Crippen LogP contribution is 2.41. The van der Waals surface area contributed by atoms with Crippen molar-refractivity contribution in [2.45, 2.75) is 0 Å². The molecule has 1 aromatic carbocycles. The third-order valence-corrected chi connectivity index (χ3v) is 4.21. The largest absolute Gasteiger partial charge is 0.493 e. The molecular weight excluding hydrogens is 346 g/mol. The Hall–Kier alpha value is -3.00. The molecule has 0 unspecified atom stereocenters. The number of benzene rings is 1. The molecule has 0 aliphatic heterocycles. The molecule has 3 rings (SSSR count). The van der Waals surface area contributed by atoms with E-state index in [1.54, 1.807) is 32.0 Å². The van der Waals surface area contributed by atoms with E-state index in [4.69, 9.17) is 19.2 Å². The highest BCUT2D eigenvalue weighted by molar-refractivity contribution is 5.80. The van der Waals surface area contributed by atoms with Crippen molar-refractivity contribution in [1.82, 2.24) is 19.5 Å². The van der Waals surface area contributed by atoms with E-state index in [9.17, 15) is 0 Å². The van der Waals surface area contributed by atoms with Crippen LogP contribution in [0.5, 0.6) is 17.2 Å². The number of fused-ring (bicyclic) bond motifs is 1. The number of methoxy groups -OCH3 is 3. The van der Waals surface area contributed by atoms with E-state index in [1.807, 2.05) is 38.5 Å². The maximum atomic E-state index is 5.46. The van der Waals surface area contributed by atoms with Crippen molar-refractivity contribution in [2.24, 2.45) is 0 Å². The summed E-state index contributed by atoms with van der Waals surface area (Å²) in [6.45, 7) is 1.73. The maximum Gasteiger partial charge on any atom is 0.203 e. The second-order valence-corrected chi connectivity index (χ2v) is 6.28. The van der Waals surface area contributed by atoms with Crippen LogP contribution in [-0.2, 0) is 0 Å². The standard InChI is InChI=1S/C19H25N5O3/c1-23(2)9-7-20-17-6-8-24-19(22-17)14(12-21-24)13-10-15(25-3)18(27-5)16(11-13)26-4/h6,8,10-12H,7,9H2,1-5H3,(H,20,22). The van der Waals surface area contributed by atoms with E-state index in [1.165, 1.54) is 0 Å². The lowest BCUT2D eigenvalue weighted by Gasteiger charge is -2.14. The van der Waals surface area contributed by atoms with Gasteiger partial charge in [-0.3, -0.25) is 0 Å². The third kappa shape index (κ3) is 3.90. The molecule has 0 bridgehead atoms. The van der Waals surface area contributed by atoms with Gasteiger partial charge in [-0.2, -0.15) is 5.10 Å². The molecule has 144 valence electrons. The van der Waals surface area contributed by atoms with Gasteiger partial charge < -0.3 is 24.4 Å². The van der Waals surface area contributed by atoms with E-state index in [-0.39, 0.29) is 0 Å². The van der Waals surface area contributed by atoms with Gasteiger partial charge in [0.2, 0.25) is 5.75 Å². The molecule has 27 heavy (non-hydrogen) atoms. The van der Waals surface area contributed by atoms with E-state index in [0.717, 1.165) is 35.7 Å². The number of rotatable bonds is 8. The van der Waals surface area contributed by atoms with Gasteiger partial charge in [-0.25, -0.2) is 9.50 Å². The van der Waals surface area contributed by atoms with Crippen LogP contribution >= 0.6 is 0 Å². The molecule has 1 N–H and O–H groups in total. The normalized spacial score (nSPS) is 11.0. The molecule has 2 aromatic heterocycles. The van der Waals surface area contributed by atoms with Crippen molar-refractivity contribution in [1.29, 1.82) is 0 Å². The van der Waals surface area contributed by atoms with Gasteiger partial charge in [0, 0.05) is 24.8 Å². The van der Waals surface area contributed by atoms with Gasteiger partial charge in [0.15, 0.2) is 17.1 Å². The summed E-state index contributed by atoms with van der Waals surface area (Å²) >= 11 is 0. The maximum absolute atomic E-state index is 5.46. The molecule has 0 aliphatic rings. The Bertz CT molecular complexity index is 898. The zero-order valence-corrected chi connectivity index (χ0v) is 16.3. The first-order valence-corrected chi connectivity index (χ1v) is 8.60. The topological polar surface area (TPSA) is 73.2 Å². The Morgan fingerprint density at radius 3 is 2.37 bits per heavy atom. The SMILES string of the molecule is COc1cc(-c2cnn3ccc(NCCN(C)C)nc23)cc(OC)c1OC. The Balaban J connectivity index is 2.01. The second-order valence-electron chi connectivity index (χ2n) is 6.28. The number of hydrogen-bond acceptors (Lipinski definition) is 7. The summed E-state index contributed by atoms with van der Waals surface area (Å²) in [4.78, 5) is 6.84. The first-order chi connectivity index (χ1) is 13.1. The fourth-order valence-electron chi connectivity index (χ4n) is 2.82. The highest BCUT2D eigenvalue weighted by Gasteiger charge is 2.17. The van der Waals surface area contributed by atoms with E-state index < -0.39 is 0 Å². The predicted molar refractivity (Wildman–Crippen MR) is 105 cm³/mol. The molecular formula is C19H25N5O3. The quantitative estimate of drug-likeness (QED) is 0.652. The molecule has 0 atom stereocenters. The van der Waals surface area contributed by atoms with Gasteiger partial charge >= 0.3 is 0 Å². The van der Waals surface area contributed by atoms with Crippen LogP contribution in [0.25, 0.3) is 16.8 Å². The van der Waals surface area contributed by atoms with E-state index >= 15 is 0 Å². The average Bonchev–Trinajstić information content (AvgIpc) is 3.09. The summed E-state index contributed by atoms with van der Waals surface area (Å²) in [5, 5.41) is 7.74. The van der Waals surface area contributed by atoms with Crippen molar-refractivity contribution < 1.29 is 14.2 Å². The zero-order valence-electron chi connectivity index (χ0n) is 16.3. The average molecular weight is 371 g/mol. The van der Waals surface area contributed by atoms with Crippen molar-refractivity contribution in [3.05, 3.63) is 30.6 Å². The monoisotopic (exact) mass is 371 g/mol. The number of nitrogens with zero attached hydrogens (tertiary/aromatic N) is 4. The molecule has 8 nitrogen and oxygen atoms in total. The van der Waals surface area contributed by atoms with Crippen LogP contribution in [-0.4, -0.2) is 68.0 Å². The summed E-state index contributed by atoms with van der Waals surface area (Å²) < 4.78 is 18.1. The van der Waals surface area contributed by atoms with Crippen LogP contribution in [0.3, 0.4) is 0 Å². The van der Waals surface area contributed by atoms with Gasteiger partial charge in [-0.05, 0) is 37.9 Å². The Labute approximate surface area is 158 Å². The molecule has 0 spiro atoms. The molecule has 0 aliphatic carbocycles. The number of anilines is 1. The van der Waals surface area contributed by atoms with Gasteiger partial charge in [-0.1, -0.05) is 0 Å². The summed E-state index contributed by atoms with van der Waals surface area (Å²) in [5.41, 5.74) is 2.52. The first kappa shape index (κ1) is 18.8. The van der Waals surface area contributed by atoms with Crippen molar-refractivity contribution in [2.75, 3.05) is 53.8 Å². The van der Waals surface area contributed by atoms with Crippen LogP contribution in [0.4, 0.5) is 5.82 Å². The molecule has 3 aromatic rings. The van der Waals surface area contributed by atoms with E-state index in [2.05, 4.69) is 15.3 Å². The first-order valence-electron chi connectivity index (χ1n) is 8.60. The molecule has 8 heteroatoms. The Morgan fingerprint density at radius 2 is 1.78 bits per heavy atom. The summed E-state index contributed by atoms with van der Waals surface area (Å²) in [6, 6.07) is 5.70. The summed E-state index contributed by atoms with van der Waals surface area (Å²) in [5.74, 6) is 2.54. The second kappa shape index (κ2) is 8.13. The van der Waals surface area contributed by atoms with Crippen LogP contribution in [0, 0.1) is 0 Å². The Kier molecular flexibility index (Phi) is 5.66. The number of aromatic nitrogens is 3. The minimum absolute atomic E-state index is 0.555. The van der Waals surface area contributed by atoms with Crippen molar-refractivity contribution in [3.8, 4) is 28.4 Å². The smallest absolute Gasteiger partial charge is 0.203 e. The molecule has 0 saturated carbocycles. The molecule has 0 saturated heterocycles. The van der Waals surface area contributed by atoms with Gasteiger partial charge in [0.25, 0.3) is 0 Å². The lowest BCUT2D eigenvalue weighted by molar-refractivity contribution is 0.324. The molecule has 0 amide bonds. The molecule has 0 radical (unpaired) electrons. The van der Waals surface area contributed by atoms with E-state index in [0.29, 0.717) is 17.2 Å². The number of hydrogen-bond donors (Lipinski definition) is 1. The van der Waals surface area contributed by atoms with Crippen LogP contribution in [0.1, 0.15) is 0 Å². The van der Waals surface area contributed by atoms with Gasteiger partial charge in [0.1, 0.15) is 5.82 Å². The summed E-state index contributed by atoms with van der Waals surface area (Å²) in [6.07, 6.45) is 3.68. The predicted octanol–water partition coefficient (Wildman–Crippen LogP) is 2.40. The zero-order chi connectivity index (χ0) is 19.4. The lowest BCUT2D eigenvalue weighted by Crippen LogP contribution is -2.21. The minimum atomic E-state index is 0.555. The number of nitrogens with one attached hydrogen (secondary N) is 1. The fourth-order valence-corrected chi connectivity index (χ4v) is 2.82.